The van der Waals surface area contributed by atoms with Crippen molar-refractivity contribution in [2.24, 2.45) is 0 Å². The van der Waals surface area contributed by atoms with E-state index in [0.29, 0.717) is 5.56 Å². The zero-order valence-electron chi connectivity index (χ0n) is 16.5. The summed E-state index contributed by atoms with van der Waals surface area (Å²) in [6.45, 7) is 7.84. The quantitative estimate of drug-likeness (QED) is 0.498. The molecule has 3 aromatic carbocycles. The van der Waals surface area contributed by atoms with Crippen LogP contribution in [0.15, 0.2) is 60.7 Å². The maximum Gasteiger partial charge on any atom is 0.342 e. The molecule has 0 heterocycles. The summed E-state index contributed by atoms with van der Waals surface area (Å²) in [5, 5.41) is 11.8. The molecule has 3 aromatic rings. The molecule has 0 spiro atoms. The van der Waals surface area contributed by atoms with Gasteiger partial charge in [0.1, 0.15) is 11.3 Å². The van der Waals surface area contributed by atoms with E-state index in [1.807, 2.05) is 36.4 Å². The molecule has 0 bridgehead atoms. The Morgan fingerprint density at radius 3 is 2.07 bits per heavy atom. The van der Waals surface area contributed by atoms with Crippen molar-refractivity contribution in [3.05, 3.63) is 77.4 Å². The third kappa shape index (κ3) is 4.06. The van der Waals surface area contributed by atoms with Crippen LogP contribution in [0.5, 0.6) is 5.75 Å². The molecule has 0 amide bonds. The summed E-state index contributed by atoms with van der Waals surface area (Å²) >= 11 is 0. The fraction of sp³-hybridized carbons (Fsp3) is 0.250. The van der Waals surface area contributed by atoms with Gasteiger partial charge in [-0.1, -0.05) is 69.3 Å². The van der Waals surface area contributed by atoms with Crippen LogP contribution in [0.25, 0.3) is 10.8 Å². The molecular formula is C24H24O4. The van der Waals surface area contributed by atoms with E-state index in [9.17, 15) is 14.7 Å². The zero-order valence-corrected chi connectivity index (χ0v) is 16.5. The van der Waals surface area contributed by atoms with E-state index in [1.54, 1.807) is 18.2 Å². The Kier molecular flexibility index (Phi) is 5.23. The first-order chi connectivity index (χ1) is 13.2. The molecule has 0 aliphatic heterocycles. The van der Waals surface area contributed by atoms with Gasteiger partial charge in [-0.15, -0.1) is 0 Å². The molecule has 4 nitrogen and oxygen atoms in total. The van der Waals surface area contributed by atoms with Crippen LogP contribution in [0.1, 0.15) is 54.0 Å². The smallest absolute Gasteiger partial charge is 0.342 e. The highest BCUT2D eigenvalue weighted by molar-refractivity contribution is 6.03. The number of hydrogen-bond donors (Lipinski definition) is 1. The molecule has 0 radical (unpaired) electrons. The Labute approximate surface area is 164 Å². The number of Topliss-reactive ketones (excluding diaryl/α,β-unsaturated/α-hetero) is 1. The van der Waals surface area contributed by atoms with Crippen molar-refractivity contribution in [2.75, 3.05) is 0 Å². The Bertz CT molecular complexity index is 1030. The van der Waals surface area contributed by atoms with Gasteiger partial charge in [-0.3, -0.25) is 4.79 Å². The number of esters is 1. The van der Waals surface area contributed by atoms with Crippen molar-refractivity contribution in [1.29, 1.82) is 0 Å². The molecule has 3 rings (SSSR count). The van der Waals surface area contributed by atoms with Gasteiger partial charge < -0.3 is 9.84 Å². The highest BCUT2D eigenvalue weighted by atomic mass is 16.5. The number of carbonyl (C=O) groups is 2. The van der Waals surface area contributed by atoms with Crippen molar-refractivity contribution < 1.29 is 19.4 Å². The SMILES string of the molecule is C[C@@H](OC(=O)c1cc2ccccc2cc1O)C(=O)c1ccc(C(C)(C)C)cc1. The van der Waals surface area contributed by atoms with Crippen molar-refractivity contribution in [2.45, 2.75) is 39.2 Å². The summed E-state index contributed by atoms with van der Waals surface area (Å²) in [7, 11) is 0. The summed E-state index contributed by atoms with van der Waals surface area (Å²) in [5.74, 6) is -1.18. The van der Waals surface area contributed by atoms with Crippen LogP contribution in [0.2, 0.25) is 0 Å². The Morgan fingerprint density at radius 2 is 1.50 bits per heavy atom. The minimum Gasteiger partial charge on any atom is -0.507 e. The molecule has 0 aliphatic carbocycles. The molecule has 1 atom stereocenters. The van der Waals surface area contributed by atoms with Crippen molar-refractivity contribution in [3.8, 4) is 5.75 Å². The number of fused-ring (bicyclic) bond motifs is 1. The van der Waals surface area contributed by atoms with Crippen molar-refractivity contribution >= 4 is 22.5 Å². The number of ketones is 1. The third-order valence-corrected chi connectivity index (χ3v) is 4.77. The number of phenols is 1. The molecule has 0 saturated carbocycles. The molecular weight excluding hydrogens is 352 g/mol. The minimum absolute atomic E-state index is 0.00668. The molecule has 0 unspecified atom stereocenters. The van der Waals surface area contributed by atoms with Crippen LogP contribution in [0.3, 0.4) is 0 Å². The molecule has 144 valence electrons. The lowest BCUT2D eigenvalue weighted by molar-refractivity contribution is 0.0316. The standard InChI is InChI=1S/C24H24O4/c1-15(22(26)16-9-11-19(12-10-16)24(2,3)4)28-23(27)20-13-17-7-5-6-8-18(17)14-21(20)25/h5-15,25H,1-4H3/t15-/m1/s1. The number of hydrogen-bond acceptors (Lipinski definition) is 4. The second-order valence-corrected chi connectivity index (χ2v) is 7.96. The normalized spacial score (nSPS) is 12.6. The topological polar surface area (TPSA) is 63.6 Å². The number of aromatic hydroxyl groups is 1. The van der Waals surface area contributed by atoms with Gasteiger partial charge in [0.15, 0.2) is 6.10 Å². The maximum atomic E-state index is 12.6. The van der Waals surface area contributed by atoms with Gasteiger partial charge in [-0.05, 0) is 40.8 Å². The molecule has 0 aliphatic rings. The van der Waals surface area contributed by atoms with E-state index >= 15 is 0 Å². The van der Waals surface area contributed by atoms with E-state index in [-0.39, 0.29) is 22.5 Å². The Hall–Kier alpha value is -3.14. The van der Waals surface area contributed by atoms with E-state index in [4.69, 9.17) is 4.74 Å². The van der Waals surface area contributed by atoms with Gasteiger partial charge in [-0.2, -0.15) is 0 Å². The molecule has 0 aromatic heterocycles. The predicted molar refractivity (Wildman–Crippen MR) is 110 cm³/mol. The second kappa shape index (κ2) is 7.47. The minimum atomic E-state index is -0.959. The Balaban J connectivity index is 1.77. The van der Waals surface area contributed by atoms with Crippen LogP contribution in [0, 0.1) is 0 Å². The van der Waals surface area contributed by atoms with Gasteiger partial charge in [0, 0.05) is 5.56 Å². The average molecular weight is 376 g/mol. The van der Waals surface area contributed by atoms with Crippen LogP contribution in [-0.2, 0) is 10.2 Å². The summed E-state index contributed by atoms with van der Waals surface area (Å²) in [6, 6.07) is 17.8. The molecule has 4 heteroatoms. The second-order valence-electron chi connectivity index (χ2n) is 7.96. The van der Waals surface area contributed by atoms with Gasteiger partial charge in [0.2, 0.25) is 5.78 Å². The Morgan fingerprint density at radius 1 is 0.929 bits per heavy atom. The molecule has 0 saturated heterocycles. The third-order valence-electron chi connectivity index (χ3n) is 4.77. The first kappa shape index (κ1) is 19.6. The first-order valence-electron chi connectivity index (χ1n) is 9.24. The number of ether oxygens (including phenoxy) is 1. The lowest BCUT2D eigenvalue weighted by atomic mass is 9.86. The van der Waals surface area contributed by atoms with Gasteiger partial charge in [0.25, 0.3) is 0 Å². The van der Waals surface area contributed by atoms with Crippen LogP contribution in [0.4, 0.5) is 0 Å². The number of phenolic OH excluding ortho intramolecular Hbond substituents is 1. The molecule has 1 N–H and O–H groups in total. The predicted octanol–water partition coefficient (Wildman–Crippen LogP) is 5.27. The monoisotopic (exact) mass is 376 g/mol. The summed E-state index contributed by atoms with van der Waals surface area (Å²) in [5.41, 5.74) is 1.64. The summed E-state index contributed by atoms with van der Waals surface area (Å²) in [4.78, 5) is 25.1. The fourth-order valence-electron chi connectivity index (χ4n) is 3.04. The fourth-order valence-corrected chi connectivity index (χ4v) is 3.04. The largest absolute Gasteiger partial charge is 0.507 e. The van der Waals surface area contributed by atoms with Crippen molar-refractivity contribution in [3.63, 3.8) is 0 Å². The van der Waals surface area contributed by atoms with E-state index < -0.39 is 12.1 Å². The average Bonchev–Trinajstić information content (AvgIpc) is 2.66. The van der Waals surface area contributed by atoms with E-state index in [1.165, 1.54) is 13.0 Å². The summed E-state index contributed by atoms with van der Waals surface area (Å²) < 4.78 is 5.33. The van der Waals surface area contributed by atoms with Crippen molar-refractivity contribution in [1.82, 2.24) is 0 Å². The first-order valence-corrected chi connectivity index (χ1v) is 9.24. The van der Waals surface area contributed by atoms with Gasteiger partial charge in [-0.25, -0.2) is 4.79 Å². The van der Waals surface area contributed by atoms with E-state index in [0.717, 1.165) is 16.3 Å². The van der Waals surface area contributed by atoms with Gasteiger partial charge in [0.05, 0.1) is 0 Å². The lowest BCUT2D eigenvalue weighted by Gasteiger charge is -2.19. The van der Waals surface area contributed by atoms with Gasteiger partial charge >= 0.3 is 5.97 Å². The van der Waals surface area contributed by atoms with Crippen LogP contribution >= 0.6 is 0 Å². The lowest BCUT2D eigenvalue weighted by Crippen LogP contribution is -2.24. The number of carbonyl (C=O) groups excluding carboxylic acids is 2. The maximum absolute atomic E-state index is 12.6. The van der Waals surface area contributed by atoms with Crippen LogP contribution in [-0.4, -0.2) is 23.0 Å². The van der Waals surface area contributed by atoms with E-state index in [2.05, 4.69) is 20.8 Å². The molecule has 28 heavy (non-hydrogen) atoms. The van der Waals surface area contributed by atoms with Crippen LogP contribution < -0.4 is 0 Å². The number of benzene rings is 3. The molecule has 0 fully saturated rings. The zero-order chi connectivity index (χ0) is 20.5. The number of rotatable bonds is 4. The highest BCUT2D eigenvalue weighted by Crippen LogP contribution is 2.26. The summed E-state index contributed by atoms with van der Waals surface area (Å²) in [6.07, 6.45) is -0.959. The highest BCUT2D eigenvalue weighted by Gasteiger charge is 2.23.